The molecular formula is C15H16N2O6S. The molecule has 0 bridgehead atoms. The van der Waals surface area contributed by atoms with Crippen LogP contribution < -0.4 is 9.73 Å². The first-order chi connectivity index (χ1) is 11.2. The van der Waals surface area contributed by atoms with Crippen LogP contribution in [0.1, 0.15) is 21.7 Å². The van der Waals surface area contributed by atoms with E-state index in [1.807, 2.05) is 0 Å². The summed E-state index contributed by atoms with van der Waals surface area (Å²) >= 11 is 0. The van der Waals surface area contributed by atoms with E-state index < -0.39 is 33.7 Å². The molecule has 0 unspecified atom stereocenters. The van der Waals surface area contributed by atoms with Gasteiger partial charge in [0.25, 0.3) is 0 Å². The van der Waals surface area contributed by atoms with Gasteiger partial charge in [0, 0.05) is 18.8 Å². The van der Waals surface area contributed by atoms with Crippen LogP contribution in [0.2, 0.25) is 0 Å². The number of anilines is 1. The van der Waals surface area contributed by atoms with Crippen molar-refractivity contribution in [2.75, 3.05) is 4.31 Å². The van der Waals surface area contributed by atoms with Crippen LogP contribution in [0, 0.1) is 6.92 Å². The third kappa shape index (κ3) is 3.40. The summed E-state index contributed by atoms with van der Waals surface area (Å²) in [6.07, 6.45) is 0. The van der Waals surface area contributed by atoms with Crippen LogP contribution in [0.3, 0.4) is 0 Å². The molecule has 0 saturated carbocycles. The number of pyridine rings is 1. The van der Waals surface area contributed by atoms with Crippen molar-refractivity contribution in [3.63, 3.8) is 0 Å². The van der Waals surface area contributed by atoms with E-state index in [0.29, 0.717) is 5.69 Å². The number of thiol groups is 1. The molecule has 0 aliphatic heterocycles. The zero-order chi connectivity index (χ0) is 18.0. The molecule has 0 aliphatic rings. The van der Waals surface area contributed by atoms with Crippen molar-refractivity contribution >= 4 is 22.5 Å². The first kappa shape index (κ1) is 17.5. The molecule has 1 aromatic carbocycles. The van der Waals surface area contributed by atoms with E-state index in [4.69, 9.17) is 5.11 Å². The molecule has 0 spiro atoms. The van der Waals surface area contributed by atoms with Crippen molar-refractivity contribution in [3.05, 3.63) is 57.5 Å². The fourth-order valence-corrected chi connectivity index (χ4v) is 2.89. The summed E-state index contributed by atoms with van der Waals surface area (Å²) < 4.78 is 25.3. The maximum atomic E-state index is 11.8. The maximum absolute atomic E-state index is 11.8. The highest BCUT2D eigenvalue weighted by atomic mass is 32.2. The smallest absolute Gasteiger partial charge is 0.356 e. The second-order valence-electron chi connectivity index (χ2n) is 5.20. The Balaban J connectivity index is 2.56. The van der Waals surface area contributed by atoms with Crippen molar-refractivity contribution in [3.8, 4) is 5.75 Å². The summed E-state index contributed by atoms with van der Waals surface area (Å²) in [5.74, 6) is -2.37. The SMILES string of the molecule is Cc1cccc(N(Cc2cc(=O)c(O)c(C(=O)O)n2C)[SH](=O)=O)c1. The van der Waals surface area contributed by atoms with Gasteiger partial charge in [-0.2, -0.15) is 0 Å². The highest BCUT2D eigenvalue weighted by Gasteiger charge is 2.20. The van der Waals surface area contributed by atoms with Crippen molar-refractivity contribution in [2.45, 2.75) is 13.5 Å². The normalized spacial score (nSPS) is 10.8. The minimum absolute atomic E-state index is 0.135. The summed E-state index contributed by atoms with van der Waals surface area (Å²) in [7, 11) is -1.69. The number of carbonyl (C=O) groups is 1. The van der Waals surface area contributed by atoms with Gasteiger partial charge in [-0.15, -0.1) is 0 Å². The zero-order valence-corrected chi connectivity index (χ0v) is 13.9. The van der Waals surface area contributed by atoms with Crippen LogP contribution in [0.5, 0.6) is 5.75 Å². The van der Waals surface area contributed by atoms with Crippen LogP contribution in [0.4, 0.5) is 5.69 Å². The van der Waals surface area contributed by atoms with Crippen molar-refractivity contribution in [2.24, 2.45) is 7.05 Å². The Morgan fingerprint density at radius 1 is 1.29 bits per heavy atom. The highest BCUT2D eigenvalue weighted by Crippen LogP contribution is 2.20. The maximum Gasteiger partial charge on any atom is 0.356 e. The van der Waals surface area contributed by atoms with Crippen LogP contribution in [0.15, 0.2) is 35.1 Å². The third-order valence-electron chi connectivity index (χ3n) is 3.53. The second-order valence-corrected chi connectivity index (χ2v) is 6.15. The Bertz CT molecular complexity index is 924. The van der Waals surface area contributed by atoms with E-state index >= 15 is 0 Å². The van der Waals surface area contributed by atoms with Crippen LogP contribution >= 0.6 is 0 Å². The molecule has 8 nitrogen and oxygen atoms in total. The Morgan fingerprint density at radius 2 is 1.96 bits per heavy atom. The molecule has 2 aromatic rings. The van der Waals surface area contributed by atoms with Crippen molar-refractivity contribution < 1.29 is 23.4 Å². The van der Waals surface area contributed by atoms with E-state index in [2.05, 4.69) is 0 Å². The fraction of sp³-hybridized carbons (Fsp3) is 0.200. The first-order valence-corrected chi connectivity index (χ1v) is 7.99. The van der Waals surface area contributed by atoms with Gasteiger partial charge in [-0.3, -0.25) is 9.10 Å². The van der Waals surface area contributed by atoms with Gasteiger partial charge in [-0.25, -0.2) is 13.2 Å². The second kappa shape index (κ2) is 6.75. The number of aromatic nitrogens is 1. The Morgan fingerprint density at radius 3 is 2.50 bits per heavy atom. The summed E-state index contributed by atoms with van der Waals surface area (Å²) in [6, 6.07) is 7.76. The molecule has 2 rings (SSSR count). The molecule has 1 heterocycles. The average molecular weight is 352 g/mol. The third-order valence-corrected chi connectivity index (χ3v) is 4.30. The predicted molar refractivity (Wildman–Crippen MR) is 88.0 cm³/mol. The molecule has 2 N–H and O–H groups in total. The lowest BCUT2D eigenvalue weighted by Gasteiger charge is -2.21. The van der Waals surface area contributed by atoms with E-state index in [1.165, 1.54) is 7.05 Å². The number of aryl methyl sites for hydroxylation is 1. The van der Waals surface area contributed by atoms with Crippen molar-refractivity contribution in [1.29, 1.82) is 0 Å². The van der Waals surface area contributed by atoms with Crippen LogP contribution in [-0.4, -0.2) is 29.2 Å². The lowest BCUT2D eigenvalue weighted by Crippen LogP contribution is -2.26. The van der Waals surface area contributed by atoms with Gasteiger partial charge in [0.1, 0.15) is 0 Å². The Labute approximate surface area is 139 Å². The van der Waals surface area contributed by atoms with E-state index in [0.717, 1.165) is 20.5 Å². The molecular weight excluding hydrogens is 336 g/mol. The molecule has 0 saturated heterocycles. The largest absolute Gasteiger partial charge is 0.502 e. The summed E-state index contributed by atoms with van der Waals surface area (Å²) in [5, 5.41) is 18.8. The van der Waals surface area contributed by atoms with Gasteiger partial charge in [-0.1, -0.05) is 12.1 Å². The molecule has 24 heavy (non-hydrogen) atoms. The molecule has 0 fully saturated rings. The summed E-state index contributed by atoms with van der Waals surface area (Å²) in [4.78, 5) is 23.0. The number of carboxylic acid groups (broad SMARTS) is 1. The van der Waals surface area contributed by atoms with E-state index in [9.17, 15) is 23.1 Å². The molecule has 128 valence electrons. The molecule has 9 heteroatoms. The van der Waals surface area contributed by atoms with Crippen LogP contribution in [0.25, 0.3) is 0 Å². The number of benzene rings is 1. The number of rotatable bonds is 5. The Kier molecular flexibility index (Phi) is 4.93. The quantitative estimate of drug-likeness (QED) is 0.680. The minimum Gasteiger partial charge on any atom is -0.502 e. The monoisotopic (exact) mass is 352 g/mol. The minimum atomic E-state index is -3.02. The van der Waals surface area contributed by atoms with Gasteiger partial charge < -0.3 is 14.8 Å². The molecule has 1 aromatic heterocycles. The number of hydrogen-bond donors (Lipinski definition) is 3. The van der Waals surface area contributed by atoms with E-state index in [1.54, 1.807) is 31.2 Å². The molecule has 0 atom stereocenters. The van der Waals surface area contributed by atoms with Gasteiger partial charge in [0.05, 0.1) is 12.2 Å². The topological polar surface area (TPSA) is 117 Å². The highest BCUT2D eigenvalue weighted by molar-refractivity contribution is 7.74. The Hall–Kier alpha value is -2.81. The lowest BCUT2D eigenvalue weighted by atomic mass is 10.2. The van der Waals surface area contributed by atoms with Crippen molar-refractivity contribution in [1.82, 2.24) is 4.57 Å². The zero-order valence-electron chi connectivity index (χ0n) is 13.0. The average Bonchev–Trinajstić information content (AvgIpc) is 2.49. The van der Waals surface area contributed by atoms with Gasteiger partial charge in [-0.05, 0) is 24.6 Å². The van der Waals surface area contributed by atoms with Gasteiger partial charge in [0.2, 0.25) is 16.3 Å². The molecule has 0 amide bonds. The molecule has 0 aliphatic carbocycles. The summed E-state index contributed by atoms with van der Waals surface area (Å²) in [5.41, 5.74) is -0.103. The van der Waals surface area contributed by atoms with Gasteiger partial charge in [0.15, 0.2) is 11.4 Å². The van der Waals surface area contributed by atoms with Crippen LogP contribution in [-0.2, 0) is 24.5 Å². The lowest BCUT2D eigenvalue weighted by molar-refractivity contribution is 0.0681. The van der Waals surface area contributed by atoms with Gasteiger partial charge >= 0.3 is 5.97 Å². The predicted octanol–water partition coefficient (Wildman–Crippen LogP) is 0.631. The number of aromatic hydroxyl groups is 1. The first-order valence-electron chi connectivity index (χ1n) is 6.86. The number of aromatic carboxylic acids is 1. The number of nitrogens with zero attached hydrogens (tertiary/aromatic N) is 2. The fourth-order valence-electron chi connectivity index (χ4n) is 2.32. The summed E-state index contributed by atoms with van der Waals surface area (Å²) in [6.45, 7) is 1.56. The molecule has 0 radical (unpaired) electrons. The standard InChI is InChI=1S/C15H16N2O6S/c1-9-4-3-5-10(6-9)17(24(22)23)8-11-7-12(18)14(19)13(15(20)21)16(11)2/h3-7,19,24H,8H2,1-2H3,(H,20,21). The number of hydrogen-bond acceptors (Lipinski definition) is 5. The van der Waals surface area contributed by atoms with E-state index in [-0.39, 0.29) is 12.2 Å². The number of carboxylic acids is 1.